The molecule has 29 heavy (non-hydrogen) atoms. The van der Waals surface area contributed by atoms with Gasteiger partial charge in [-0.25, -0.2) is 23.7 Å². The van der Waals surface area contributed by atoms with Crippen molar-refractivity contribution in [3.8, 4) is 0 Å². The quantitative estimate of drug-likeness (QED) is 0.533. The van der Waals surface area contributed by atoms with E-state index in [1.807, 2.05) is 0 Å². The van der Waals surface area contributed by atoms with Gasteiger partial charge >= 0.3 is 0 Å². The molecule has 0 amide bonds. The summed E-state index contributed by atoms with van der Waals surface area (Å²) in [5.41, 5.74) is 2.37. The molecule has 2 aromatic carbocycles. The third-order valence-electron chi connectivity index (χ3n) is 5.49. The van der Waals surface area contributed by atoms with Crippen LogP contribution >= 0.6 is 0 Å². The van der Waals surface area contributed by atoms with Gasteiger partial charge in [-0.15, -0.1) is 0 Å². The molecule has 4 aromatic rings. The molecule has 0 aliphatic carbocycles. The molecule has 0 atom stereocenters. The Kier molecular flexibility index (Phi) is 4.55. The van der Waals surface area contributed by atoms with Crippen LogP contribution in [0.1, 0.15) is 0 Å². The van der Waals surface area contributed by atoms with E-state index < -0.39 is 0 Å². The van der Waals surface area contributed by atoms with Gasteiger partial charge in [-0.1, -0.05) is 0 Å². The standard InChI is InChI=1S/C21H20F2N6/c22-15-1-3-18-17(11-15)21(25-13-24-18)28-8-5-27(6-9-28)7-10-29-14-26-19-12-16(23)2-4-20(19)29/h1-4,11-14H,5-10H2. The van der Waals surface area contributed by atoms with E-state index in [0.29, 0.717) is 5.52 Å². The van der Waals surface area contributed by atoms with Gasteiger partial charge < -0.3 is 9.47 Å². The number of anilines is 1. The largest absolute Gasteiger partial charge is 0.353 e. The molecule has 0 unspecified atom stereocenters. The van der Waals surface area contributed by atoms with Crippen LogP contribution in [-0.2, 0) is 6.54 Å². The number of imidazole rings is 1. The molecule has 148 valence electrons. The number of hydrogen-bond donors (Lipinski definition) is 0. The van der Waals surface area contributed by atoms with Gasteiger partial charge in [0.05, 0.1) is 22.9 Å². The summed E-state index contributed by atoms with van der Waals surface area (Å²) in [5.74, 6) is 0.243. The molecule has 2 aromatic heterocycles. The number of fused-ring (bicyclic) bond motifs is 2. The van der Waals surface area contributed by atoms with E-state index in [4.69, 9.17) is 0 Å². The maximum atomic E-state index is 13.7. The predicted octanol–water partition coefficient (Wildman–Crippen LogP) is 3.08. The smallest absolute Gasteiger partial charge is 0.140 e. The van der Waals surface area contributed by atoms with Crippen LogP contribution in [0.2, 0.25) is 0 Å². The molecule has 1 fully saturated rings. The molecule has 8 heteroatoms. The van der Waals surface area contributed by atoms with Crippen molar-refractivity contribution >= 4 is 27.8 Å². The van der Waals surface area contributed by atoms with Crippen molar-refractivity contribution in [2.24, 2.45) is 0 Å². The maximum Gasteiger partial charge on any atom is 0.140 e. The van der Waals surface area contributed by atoms with E-state index >= 15 is 0 Å². The number of piperazine rings is 1. The predicted molar refractivity (Wildman–Crippen MR) is 108 cm³/mol. The lowest BCUT2D eigenvalue weighted by atomic mass is 10.2. The number of hydrogen-bond acceptors (Lipinski definition) is 5. The fourth-order valence-electron chi connectivity index (χ4n) is 3.91. The van der Waals surface area contributed by atoms with Crippen LogP contribution in [0.15, 0.2) is 49.1 Å². The van der Waals surface area contributed by atoms with E-state index in [0.717, 1.165) is 61.5 Å². The molecule has 0 N–H and O–H groups in total. The zero-order chi connectivity index (χ0) is 19.8. The summed E-state index contributed by atoms with van der Waals surface area (Å²) in [5, 5.41) is 0.748. The first kappa shape index (κ1) is 17.9. The summed E-state index contributed by atoms with van der Waals surface area (Å²) in [7, 11) is 0. The van der Waals surface area contributed by atoms with Crippen LogP contribution in [0, 0.1) is 11.6 Å². The van der Waals surface area contributed by atoms with Crippen molar-refractivity contribution in [2.45, 2.75) is 6.54 Å². The third-order valence-corrected chi connectivity index (χ3v) is 5.49. The molecule has 6 nitrogen and oxygen atoms in total. The van der Waals surface area contributed by atoms with E-state index in [-0.39, 0.29) is 11.6 Å². The van der Waals surface area contributed by atoms with Gasteiger partial charge in [0.1, 0.15) is 23.8 Å². The van der Waals surface area contributed by atoms with E-state index in [1.165, 1.54) is 30.6 Å². The summed E-state index contributed by atoms with van der Waals surface area (Å²) < 4.78 is 29.1. The maximum absolute atomic E-state index is 13.7. The Morgan fingerprint density at radius 3 is 2.45 bits per heavy atom. The summed E-state index contributed by atoms with van der Waals surface area (Å²) in [4.78, 5) is 17.5. The lowest BCUT2D eigenvalue weighted by Crippen LogP contribution is -2.47. The Labute approximate surface area is 166 Å². The fourth-order valence-corrected chi connectivity index (χ4v) is 3.91. The second kappa shape index (κ2) is 7.36. The summed E-state index contributed by atoms with van der Waals surface area (Å²) >= 11 is 0. The van der Waals surface area contributed by atoms with Gasteiger partial charge in [-0.05, 0) is 30.3 Å². The average molecular weight is 394 g/mol. The minimum absolute atomic E-state index is 0.268. The van der Waals surface area contributed by atoms with Crippen LogP contribution in [0.5, 0.6) is 0 Å². The third kappa shape index (κ3) is 3.51. The minimum atomic E-state index is -0.278. The fraction of sp³-hybridized carbons (Fsp3) is 0.286. The first-order chi connectivity index (χ1) is 14.2. The Bertz CT molecular complexity index is 1170. The van der Waals surface area contributed by atoms with Crippen LogP contribution in [-0.4, -0.2) is 57.1 Å². The normalized spacial score (nSPS) is 15.4. The molecule has 3 heterocycles. The van der Waals surface area contributed by atoms with Crippen molar-refractivity contribution in [3.05, 3.63) is 60.7 Å². The number of nitrogens with zero attached hydrogens (tertiary/aromatic N) is 6. The molecular weight excluding hydrogens is 374 g/mol. The van der Waals surface area contributed by atoms with Crippen LogP contribution in [0.25, 0.3) is 21.9 Å². The first-order valence-corrected chi connectivity index (χ1v) is 9.65. The van der Waals surface area contributed by atoms with Crippen molar-refractivity contribution < 1.29 is 8.78 Å². The zero-order valence-electron chi connectivity index (χ0n) is 15.8. The summed E-state index contributed by atoms with van der Waals surface area (Å²) in [6.45, 7) is 5.10. The molecular formula is C21H20F2N6. The molecule has 0 radical (unpaired) electrons. The van der Waals surface area contributed by atoms with Crippen molar-refractivity contribution in [1.29, 1.82) is 0 Å². The van der Waals surface area contributed by atoms with Crippen LogP contribution in [0.3, 0.4) is 0 Å². The molecule has 1 saturated heterocycles. The average Bonchev–Trinajstić information content (AvgIpc) is 3.14. The molecule has 1 aliphatic rings. The summed E-state index contributed by atoms with van der Waals surface area (Å²) in [6, 6.07) is 9.31. The highest BCUT2D eigenvalue weighted by Crippen LogP contribution is 2.24. The minimum Gasteiger partial charge on any atom is -0.353 e. The molecule has 0 spiro atoms. The molecule has 0 saturated carbocycles. The first-order valence-electron chi connectivity index (χ1n) is 9.65. The molecule has 1 aliphatic heterocycles. The Hall–Kier alpha value is -3.13. The number of aromatic nitrogens is 4. The lowest BCUT2D eigenvalue weighted by Gasteiger charge is -2.35. The van der Waals surface area contributed by atoms with Crippen molar-refractivity contribution in [1.82, 2.24) is 24.4 Å². The van der Waals surface area contributed by atoms with E-state index in [9.17, 15) is 8.78 Å². The van der Waals surface area contributed by atoms with E-state index in [1.54, 1.807) is 18.5 Å². The van der Waals surface area contributed by atoms with Crippen molar-refractivity contribution in [3.63, 3.8) is 0 Å². The van der Waals surface area contributed by atoms with Gasteiger partial charge in [-0.3, -0.25) is 4.90 Å². The number of halogens is 2. The van der Waals surface area contributed by atoms with Gasteiger partial charge in [0.2, 0.25) is 0 Å². The Morgan fingerprint density at radius 1 is 0.793 bits per heavy atom. The Morgan fingerprint density at radius 2 is 1.59 bits per heavy atom. The van der Waals surface area contributed by atoms with E-state index in [2.05, 4.69) is 29.3 Å². The molecule has 0 bridgehead atoms. The second-order valence-corrected chi connectivity index (χ2v) is 7.26. The van der Waals surface area contributed by atoms with Gasteiger partial charge in [0.15, 0.2) is 0 Å². The lowest BCUT2D eigenvalue weighted by molar-refractivity contribution is 0.249. The van der Waals surface area contributed by atoms with Crippen molar-refractivity contribution in [2.75, 3.05) is 37.6 Å². The van der Waals surface area contributed by atoms with Gasteiger partial charge in [0, 0.05) is 50.7 Å². The number of benzene rings is 2. The monoisotopic (exact) mass is 394 g/mol. The topological polar surface area (TPSA) is 50.1 Å². The molecule has 5 rings (SSSR count). The highest BCUT2D eigenvalue weighted by atomic mass is 19.1. The van der Waals surface area contributed by atoms with Gasteiger partial charge in [-0.2, -0.15) is 0 Å². The number of rotatable bonds is 4. The van der Waals surface area contributed by atoms with Gasteiger partial charge in [0.25, 0.3) is 0 Å². The SMILES string of the molecule is Fc1ccc2c(c1)ncn2CCN1CCN(c2ncnc3ccc(F)cc23)CC1. The summed E-state index contributed by atoms with van der Waals surface area (Å²) in [6.07, 6.45) is 3.30. The van der Waals surface area contributed by atoms with Crippen LogP contribution < -0.4 is 4.90 Å². The zero-order valence-corrected chi connectivity index (χ0v) is 15.8. The highest BCUT2D eigenvalue weighted by Gasteiger charge is 2.20. The second-order valence-electron chi connectivity index (χ2n) is 7.26. The Balaban J connectivity index is 1.24. The van der Waals surface area contributed by atoms with Crippen LogP contribution in [0.4, 0.5) is 14.6 Å². The highest BCUT2D eigenvalue weighted by molar-refractivity contribution is 5.89.